The minimum atomic E-state index is -0.170. The first-order chi connectivity index (χ1) is 8.69. The molecule has 0 spiro atoms. The highest BCUT2D eigenvalue weighted by Crippen LogP contribution is 2.25. The van der Waals surface area contributed by atoms with E-state index in [2.05, 4.69) is 12.2 Å². The molecule has 100 valence electrons. The summed E-state index contributed by atoms with van der Waals surface area (Å²) in [6.07, 6.45) is 4.74. The summed E-state index contributed by atoms with van der Waals surface area (Å²) in [6.45, 7) is 5.02. The fourth-order valence-electron chi connectivity index (χ4n) is 2.46. The Morgan fingerprint density at radius 3 is 2.94 bits per heavy atom. The molecule has 2 unspecified atom stereocenters. The van der Waals surface area contributed by atoms with Crippen LogP contribution < -0.4 is 10.1 Å². The van der Waals surface area contributed by atoms with Gasteiger partial charge in [-0.1, -0.05) is 6.92 Å². The monoisotopic (exact) mass is 251 g/mol. The Morgan fingerprint density at radius 1 is 1.39 bits per heavy atom. The van der Waals surface area contributed by atoms with Crippen molar-refractivity contribution in [1.82, 2.24) is 5.32 Å². The van der Waals surface area contributed by atoms with Gasteiger partial charge in [0.1, 0.15) is 17.7 Å². The molecular weight excluding hydrogens is 229 g/mol. The highest BCUT2D eigenvalue weighted by molar-refractivity contribution is 5.29. The van der Waals surface area contributed by atoms with Gasteiger partial charge in [-0.05, 0) is 62.9 Å². The third-order valence-corrected chi connectivity index (χ3v) is 3.50. The van der Waals surface area contributed by atoms with Gasteiger partial charge >= 0.3 is 0 Å². The second-order valence-electron chi connectivity index (χ2n) is 5.11. The van der Waals surface area contributed by atoms with E-state index < -0.39 is 0 Å². The second kappa shape index (κ2) is 6.19. The number of aryl methyl sites for hydroxylation is 1. The first-order valence-electron chi connectivity index (χ1n) is 6.85. The highest BCUT2D eigenvalue weighted by atomic mass is 19.1. The van der Waals surface area contributed by atoms with E-state index in [0.717, 1.165) is 25.1 Å². The quantitative estimate of drug-likeness (QED) is 0.865. The van der Waals surface area contributed by atoms with E-state index >= 15 is 0 Å². The van der Waals surface area contributed by atoms with Crippen molar-refractivity contribution in [1.29, 1.82) is 0 Å². The first kappa shape index (κ1) is 13.3. The van der Waals surface area contributed by atoms with Crippen LogP contribution in [-0.4, -0.2) is 18.7 Å². The van der Waals surface area contributed by atoms with Crippen molar-refractivity contribution in [3.05, 3.63) is 29.6 Å². The summed E-state index contributed by atoms with van der Waals surface area (Å²) in [5.41, 5.74) is 0.645. The second-order valence-corrected chi connectivity index (χ2v) is 5.11. The molecule has 0 radical (unpaired) electrons. The van der Waals surface area contributed by atoms with E-state index in [-0.39, 0.29) is 11.9 Å². The van der Waals surface area contributed by atoms with Gasteiger partial charge < -0.3 is 10.1 Å². The molecule has 0 saturated heterocycles. The van der Waals surface area contributed by atoms with Crippen LogP contribution >= 0.6 is 0 Å². The first-order valence-corrected chi connectivity index (χ1v) is 6.85. The molecule has 0 aromatic heterocycles. The smallest absolute Gasteiger partial charge is 0.126 e. The van der Waals surface area contributed by atoms with Crippen molar-refractivity contribution in [2.24, 2.45) is 0 Å². The summed E-state index contributed by atoms with van der Waals surface area (Å²) in [4.78, 5) is 0. The molecule has 0 heterocycles. The number of rotatable bonds is 5. The molecule has 2 nitrogen and oxygen atoms in total. The molecule has 0 amide bonds. The van der Waals surface area contributed by atoms with Gasteiger partial charge in [-0.25, -0.2) is 4.39 Å². The lowest BCUT2D eigenvalue weighted by molar-refractivity contribution is 0.206. The normalized spacial score (nSPS) is 23.3. The Labute approximate surface area is 109 Å². The van der Waals surface area contributed by atoms with E-state index in [9.17, 15) is 4.39 Å². The Hall–Kier alpha value is -1.09. The Kier molecular flexibility index (Phi) is 4.59. The van der Waals surface area contributed by atoms with Crippen LogP contribution in [0.3, 0.4) is 0 Å². The molecule has 0 aliphatic heterocycles. The predicted molar refractivity (Wildman–Crippen MR) is 71.5 cm³/mol. The molecule has 0 bridgehead atoms. The van der Waals surface area contributed by atoms with Gasteiger partial charge in [0, 0.05) is 6.04 Å². The van der Waals surface area contributed by atoms with Crippen LogP contribution in [-0.2, 0) is 0 Å². The van der Waals surface area contributed by atoms with Crippen LogP contribution in [0.5, 0.6) is 5.75 Å². The highest BCUT2D eigenvalue weighted by Gasteiger charge is 2.25. The minimum absolute atomic E-state index is 0.170. The Balaban J connectivity index is 1.85. The number of benzene rings is 1. The molecule has 2 rings (SSSR count). The van der Waals surface area contributed by atoms with Gasteiger partial charge in [0.05, 0.1) is 0 Å². The number of halogens is 1. The maximum atomic E-state index is 13.1. The number of nitrogens with one attached hydrogen (secondary N) is 1. The van der Waals surface area contributed by atoms with Crippen LogP contribution in [0.2, 0.25) is 0 Å². The van der Waals surface area contributed by atoms with Gasteiger partial charge in [0.2, 0.25) is 0 Å². The molecular formula is C15H22FNO. The zero-order valence-electron chi connectivity index (χ0n) is 11.2. The zero-order valence-corrected chi connectivity index (χ0v) is 11.2. The summed E-state index contributed by atoms with van der Waals surface area (Å²) < 4.78 is 19.1. The van der Waals surface area contributed by atoms with Crippen molar-refractivity contribution >= 4 is 0 Å². The van der Waals surface area contributed by atoms with Gasteiger partial charge in [-0.2, -0.15) is 0 Å². The molecule has 2 atom stereocenters. The number of hydrogen-bond donors (Lipinski definition) is 1. The molecule has 1 aromatic rings. The van der Waals surface area contributed by atoms with E-state index in [1.54, 1.807) is 19.1 Å². The van der Waals surface area contributed by atoms with Crippen molar-refractivity contribution in [3.63, 3.8) is 0 Å². The molecule has 18 heavy (non-hydrogen) atoms. The standard InChI is InChI=1S/C15H22FNO/c1-3-8-17-12-4-5-14(10-12)18-13-6-7-15(16)11(2)9-13/h6-7,9,12,14,17H,3-5,8,10H2,1-2H3. The summed E-state index contributed by atoms with van der Waals surface area (Å²) >= 11 is 0. The summed E-state index contributed by atoms with van der Waals surface area (Å²) in [5, 5.41) is 3.53. The lowest BCUT2D eigenvalue weighted by Gasteiger charge is -2.15. The van der Waals surface area contributed by atoms with Crippen LogP contribution in [0.25, 0.3) is 0 Å². The van der Waals surface area contributed by atoms with E-state index in [1.165, 1.54) is 18.9 Å². The maximum absolute atomic E-state index is 13.1. The molecule has 1 fully saturated rings. The fourth-order valence-corrected chi connectivity index (χ4v) is 2.46. The molecule has 1 aromatic carbocycles. The molecule has 1 aliphatic carbocycles. The fraction of sp³-hybridized carbons (Fsp3) is 0.600. The molecule has 1 saturated carbocycles. The summed E-state index contributed by atoms with van der Waals surface area (Å²) in [6, 6.07) is 5.56. The molecule has 1 aliphatic rings. The van der Waals surface area contributed by atoms with Crippen LogP contribution in [0.15, 0.2) is 18.2 Å². The van der Waals surface area contributed by atoms with Crippen LogP contribution in [0.4, 0.5) is 4.39 Å². The minimum Gasteiger partial charge on any atom is -0.490 e. The zero-order chi connectivity index (χ0) is 13.0. The Morgan fingerprint density at radius 2 is 2.22 bits per heavy atom. The average molecular weight is 251 g/mol. The van der Waals surface area contributed by atoms with Crippen molar-refractivity contribution < 1.29 is 9.13 Å². The van der Waals surface area contributed by atoms with E-state index in [0.29, 0.717) is 11.6 Å². The molecule has 1 N–H and O–H groups in total. The number of hydrogen-bond acceptors (Lipinski definition) is 2. The van der Waals surface area contributed by atoms with Crippen molar-refractivity contribution in [3.8, 4) is 5.75 Å². The third-order valence-electron chi connectivity index (χ3n) is 3.50. The van der Waals surface area contributed by atoms with Gasteiger partial charge in [0.25, 0.3) is 0 Å². The SMILES string of the molecule is CCCNC1CCC(Oc2ccc(F)c(C)c2)C1. The third kappa shape index (κ3) is 3.45. The van der Waals surface area contributed by atoms with Crippen LogP contribution in [0, 0.1) is 12.7 Å². The van der Waals surface area contributed by atoms with E-state index in [1.807, 2.05) is 0 Å². The summed E-state index contributed by atoms with van der Waals surface area (Å²) in [5.74, 6) is 0.617. The number of ether oxygens (including phenoxy) is 1. The largest absolute Gasteiger partial charge is 0.490 e. The van der Waals surface area contributed by atoms with Crippen LogP contribution in [0.1, 0.15) is 38.2 Å². The summed E-state index contributed by atoms with van der Waals surface area (Å²) in [7, 11) is 0. The van der Waals surface area contributed by atoms with E-state index in [4.69, 9.17) is 4.74 Å². The predicted octanol–water partition coefficient (Wildman–Crippen LogP) is 3.43. The van der Waals surface area contributed by atoms with Crippen molar-refractivity contribution in [2.45, 2.75) is 51.7 Å². The lowest BCUT2D eigenvalue weighted by atomic mass is 10.2. The topological polar surface area (TPSA) is 21.3 Å². The van der Waals surface area contributed by atoms with Gasteiger partial charge in [0.15, 0.2) is 0 Å². The molecule has 3 heteroatoms. The van der Waals surface area contributed by atoms with Gasteiger partial charge in [-0.3, -0.25) is 0 Å². The maximum Gasteiger partial charge on any atom is 0.126 e. The van der Waals surface area contributed by atoms with Gasteiger partial charge in [-0.15, -0.1) is 0 Å². The lowest BCUT2D eigenvalue weighted by Crippen LogP contribution is -2.28. The average Bonchev–Trinajstić information content (AvgIpc) is 2.79. The Bertz CT molecular complexity index is 394. The van der Waals surface area contributed by atoms with Crippen molar-refractivity contribution in [2.75, 3.05) is 6.54 Å².